The Morgan fingerprint density at radius 2 is 2.18 bits per heavy atom. The number of hydrogen-bond donors (Lipinski definition) is 3. The van der Waals surface area contributed by atoms with E-state index in [9.17, 15) is 9.59 Å². The number of primary amides is 1. The standard InChI is InChI=1S/C12H15N3O2/c13-11(16)7-15-12(17)9-2-1-8-3-4-14-6-10(8)5-9/h1-2,5,14H,3-4,6-7H2,(H2,13,16)(H,15,17). The van der Waals surface area contributed by atoms with Crippen LogP contribution in [0.25, 0.3) is 0 Å². The van der Waals surface area contributed by atoms with Gasteiger partial charge in [-0.2, -0.15) is 0 Å². The van der Waals surface area contributed by atoms with Crippen molar-refractivity contribution in [3.63, 3.8) is 0 Å². The van der Waals surface area contributed by atoms with Crippen molar-refractivity contribution in [2.24, 2.45) is 5.73 Å². The van der Waals surface area contributed by atoms with Crippen LogP contribution in [0.2, 0.25) is 0 Å². The third-order valence-electron chi connectivity index (χ3n) is 2.78. The van der Waals surface area contributed by atoms with Crippen LogP contribution in [0.1, 0.15) is 21.5 Å². The van der Waals surface area contributed by atoms with Crippen LogP contribution in [-0.2, 0) is 17.8 Å². The summed E-state index contributed by atoms with van der Waals surface area (Å²) in [6, 6.07) is 5.60. The molecule has 1 aromatic carbocycles. The highest BCUT2D eigenvalue weighted by molar-refractivity contribution is 5.96. The minimum atomic E-state index is -0.544. The van der Waals surface area contributed by atoms with Gasteiger partial charge >= 0.3 is 0 Å². The molecule has 4 N–H and O–H groups in total. The molecule has 0 saturated carbocycles. The van der Waals surface area contributed by atoms with E-state index in [1.54, 1.807) is 6.07 Å². The zero-order valence-corrected chi connectivity index (χ0v) is 9.45. The number of benzene rings is 1. The molecule has 5 nitrogen and oxygen atoms in total. The zero-order chi connectivity index (χ0) is 12.3. The lowest BCUT2D eigenvalue weighted by Gasteiger charge is -2.17. The van der Waals surface area contributed by atoms with E-state index in [1.165, 1.54) is 5.56 Å². The van der Waals surface area contributed by atoms with Gasteiger partial charge in [-0.3, -0.25) is 9.59 Å². The van der Waals surface area contributed by atoms with Gasteiger partial charge in [0.05, 0.1) is 6.54 Å². The molecule has 1 aliphatic heterocycles. The Hall–Kier alpha value is -1.88. The highest BCUT2D eigenvalue weighted by Crippen LogP contribution is 2.15. The molecule has 0 spiro atoms. The number of nitrogens with one attached hydrogen (secondary N) is 2. The average molecular weight is 233 g/mol. The summed E-state index contributed by atoms with van der Waals surface area (Å²) in [6.45, 7) is 1.63. The highest BCUT2D eigenvalue weighted by Gasteiger charge is 2.12. The van der Waals surface area contributed by atoms with Crippen molar-refractivity contribution in [3.8, 4) is 0 Å². The first-order chi connectivity index (χ1) is 8.16. The van der Waals surface area contributed by atoms with Crippen molar-refractivity contribution < 1.29 is 9.59 Å². The normalized spacial score (nSPS) is 13.9. The molecule has 1 heterocycles. The van der Waals surface area contributed by atoms with Crippen molar-refractivity contribution >= 4 is 11.8 Å². The van der Waals surface area contributed by atoms with Crippen molar-refractivity contribution in [1.82, 2.24) is 10.6 Å². The van der Waals surface area contributed by atoms with Crippen LogP contribution in [0.5, 0.6) is 0 Å². The van der Waals surface area contributed by atoms with Crippen LogP contribution in [0, 0.1) is 0 Å². The Kier molecular flexibility index (Phi) is 3.39. The van der Waals surface area contributed by atoms with Crippen LogP contribution < -0.4 is 16.4 Å². The van der Waals surface area contributed by atoms with Gasteiger partial charge in [-0.15, -0.1) is 0 Å². The average Bonchev–Trinajstić information content (AvgIpc) is 2.35. The van der Waals surface area contributed by atoms with Gasteiger partial charge in [0.15, 0.2) is 0 Å². The van der Waals surface area contributed by atoms with E-state index in [-0.39, 0.29) is 12.5 Å². The summed E-state index contributed by atoms with van der Waals surface area (Å²) in [7, 11) is 0. The number of carbonyl (C=O) groups is 2. The van der Waals surface area contributed by atoms with Crippen LogP contribution in [-0.4, -0.2) is 24.9 Å². The molecule has 90 valence electrons. The lowest BCUT2D eigenvalue weighted by molar-refractivity contribution is -0.117. The molecule has 0 bridgehead atoms. The summed E-state index contributed by atoms with van der Waals surface area (Å²) in [5.74, 6) is -0.810. The molecule has 2 amide bonds. The number of nitrogens with two attached hydrogens (primary N) is 1. The number of carbonyl (C=O) groups excluding carboxylic acids is 2. The van der Waals surface area contributed by atoms with Crippen molar-refractivity contribution in [3.05, 3.63) is 34.9 Å². The summed E-state index contributed by atoms with van der Waals surface area (Å²) in [5, 5.41) is 5.72. The van der Waals surface area contributed by atoms with Crippen molar-refractivity contribution in [2.45, 2.75) is 13.0 Å². The van der Waals surface area contributed by atoms with Gasteiger partial charge in [0.2, 0.25) is 5.91 Å². The van der Waals surface area contributed by atoms with Gasteiger partial charge in [-0.1, -0.05) is 6.07 Å². The SMILES string of the molecule is NC(=O)CNC(=O)c1ccc2c(c1)CNCC2. The fraction of sp³-hybridized carbons (Fsp3) is 0.333. The molecule has 17 heavy (non-hydrogen) atoms. The molecule has 0 atom stereocenters. The topological polar surface area (TPSA) is 84.2 Å². The second-order valence-electron chi connectivity index (χ2n) is 4.06. The van der Waals surface area contributed by atoms with E-state index in [0.717, 1.165) is 25.1 Å². The highest BCUT2D eigenvalue weighted by atomic mass is 16.2. The molecular formula is C12H15N3O2. The monoisotopic (exact) mass is 233 g/mol. The van der Waals surface area contributed by atoms with Gasteiger partial charge in [-0.25, -0.2) is 0 Å². The fourth-order valence-corrected chi connectivity index (χ4v) is 1.89. The summed E-state index contributed by atoms with van der Waals surface area (Å²) >= 11 is 0. The molecule has 5 heteroatoms. The summed E-state index contributed by atoms with van der Waals surface area (Å²) < 4.78 is 0. The van der Waals surface area contributed by atoms with E-state index in [1.807, 2.05) is 12.1 Å². The molecule has 0 aliphatic carbocycles. The largest absolute Gasteiger partial charge is 0.368 e. The Morgan fingerprint density at radius 1 is 1.35 bits per heavy atom. The minimum Gasteiger partial charge on any atom is -0.368 e. The third-order valence-corrected chi connectivity index (χ3v) is 2.78. The van der Waals surface area contributed by atoms with E-state index in [0.29, 0.717) is 5.56 Å². The number of hydrogen-bond acceptors (Lipinski definition) is 3. The van der Waals surface area contributed by atoms with Gasteiger partial charge in [0, 0.05) is 12.1 Å². The van der Waals surface area contributed by atoms with Gasteiger partial charge in [0.1, 0.15) is 0 Å². The molecule has 0 radical (unpaired) electrons. The first-order valence-electron chi connectivity index (χ1n) is 5.56. The van der Waals surface area contributed by atoms with E-state index >= 15 is 0 Å². The van der Waals surface area contributed by atoms with E-state index in [2.05, 4.69) is 10.6 Å². The van der Waals surface area contributed by atoms with E-state index in [4.69, 9.17) is 5.73 Å². The maximum absolute atomic E-state index is 11.7. The molecule has 1 aliphatic rings. The van der Waals surface area contributed by atoms with E-state index < -0.39 is 5.91 Å². The molecule has 0 unspecified atom stereocenters. The quantitative estimate of drug-likeness (QED) is 0.661. The molecule has 2 rings (SSSR count). The molecule has 1 aromatic rings. The number of amides is 2. The first-order valence-corrected chi connectivity index (χ1v) is 5.56. The lowest BCUT2D eigenvalue weighted by atomic mass is 9.98. The molecule has 0 saturated heterocycles. The Labute approximate surface area is 99.4 Å². The Morgan fingerprint density at radius 3 is 2.94 bits per heavy atom. The second-order valence-corrected chi connectivity index (χ2v) is 4.06. The van der Waals surface area contributed by atoms with Gasteiger partial charge in [-0.05, 0) is 36.2 Å². The Balaban J connectivity index is 2.11. The maximum Gasteiger partial charge on any atom is 0.251 e. The predicted molar refractivity (Wildman–Crippen MR) is 63.4 cm³/mol. The van der Waals surface area contributed by atoms with Crippen LogP contribution in [0.3, 0.4) is 0 Å². The van der Waals surface area contributed by atoms with Crippen molar-refractivity contribution in [2.75, 3.05) is 13.1 Å². The van der Waals surface area contributed by atoms with Crippen molar-refractivity contribution in [1.29, 1.82) is 0 Å². The smallest absolute Gasteiger partial charge is 0.251 e. The van der Waals surface area contributed by atoms with Gasteiger partial charge in [0.25, 0.3) is 5.91 Å². The minimum absolute atomic E-state index is 0.131. The molecule has 0 fully saturated rings. The third kappa shape index (κ3) is 2.82. The van der Waals surface area contributed by atoms with Crippen LogP contribution in [0.15, 0.2) is 18.2 Å². The van der Waals surface area contributed by atoms with Crippen LogP contribution >= 0.6 is 0 Å². The lowest BCUT2D eigenvalue weighted by Crippen LogP contribution is -2.33. The Bertz CT molecular complexity index is 457. The van der Waals surface area contributed by atoms with Gasteiger partial charge < -0.3 is 16.4 Å². The van der Waals surface area contributed by atoms with Crippen LogP contribution in [0.4, 0.5) is 0 Å². The number of rotatable bonds is 3. The number of fused-ring (bicyclic) bond motifs is 1. The molecule has 0 aromatic heterocycles. The predicted octanol–water partition coefficient (Wildman–Crippen LogP) is -0.453. The summed E-state index contributed by atoms with van der Waals surface area (Å²) in [5.41, 5.74) is 7.94. The summed E-state index contributed by atoms with van der Waals surface area (Å²) in [6.07, 6.45) is 0.985. The second kappa shape index (κ2) is 4.97. The summed E-state index contributed by atoms with van der Waals surface area (Å²) in [4.78, 5) is 22.3. The molecular weight excluding hydrogens is 218 g/mol. The first kappa shape index (κ1) is 11.6. The maximum atomic E-state index is 11.7. The fourth-order valence-electron chi connectivity index (χ4n) is 1.89. The zero-order valence-electron chi connectivity index (χ0n) is 9.45.